The van der Waals surface area contributed by atoms with Gasteiger partial charge in [-0.15, -0.1) is 11.3 Å². The highest BCUT2D eigenvalue weighted by Crippen LogP contribution is 2.34. The number of anilines is 1. The van der Waals surface area contributed by atoms with Crippen LogP contribution in [0.1, 0.15) is 38.7 Å². The summed E-state index contributed by atoms with van der Waals surface area (Å²) in [5.74, 6) is 2.25. The lowest BCUT2D eigenvalue weighted by Gasteiger charge is -2.26. The maximum atomic E-state index is 13.2. The lowest BCUT2D eigenvalue weighted by Crippen LogP contribution is -2.30. The third kappa shape index (κ3) is 4.28. The van der Waals surface area contributed by atoms with Gasteiger partial charge in [0.25, 0.3) is 5.91 Å². The number of amides is 1. The van der Waals surface area contributed by atoms with E-state index < -0.39 is 0 Å². The van der Waals surface area contributed by atoms with Crippen molar-refractivity contribution in [2.24, 2.45) is 0 Å². The fourth-order valence-corrected chi connectivity index (χ4v) is 5.26. The normalized spacial score (nSPS) is 15.2. The molecule has 170 valence electrons. The van der Waals surface area contributed by atoms with E-state index in [4.69, 9.17) is 9.26 Å². The molecule has 1 aliphatic rings. The number of fused-ring (bicyclic) bond motifs is 2. The summed E-state index contributed by atoms with van der Waals surface area (Å²) in [6.07, 6.45) is 3.53. The minimum absolute atomic E-state index is 0.0569. The second-order valence-electron chi connectivity index (χ2n) is 8.32. The Morgan fingerprint density at radius 1 is 1.27 bits per heavy atom. The number of ether oxygens (including phenoxy) is 1. The summed E-state index contributed by atoms with van der Waals surface area (Å²) in [7, 11) is 1.76. The van der Waals surface area contributed by atoms with Gasteiger partial charge in [-0.05, 0) is 43.9 Å². The number of para-hydroxylation sites is 1. The third-order valence-electron chi connectivity index (χ3n) is 5.84. The SMILES string of the molecule is Cc1cc(CN(C)C(=O)c2sc3ncnc(NC[C@H]4CCc5ccccc5O4)c3c2C)on1. The highest BCUT2D eigenvalue weighted by molar-refractivity contribution is 7.20. The van der Waals surface area contributed by atoms with Crippen LogP contribution >= 0.6 is 11.3 Å². The maximum Gasteiger partial charge on any atom is 0.264 e. The molecule has 1 atom stereocenters. The minimum Gasteiger partial charge on any atom is -0.488 e. The van der Waals surface area contributed by atoms with Crippen LogP contribution in [0, 0.1) is 13.8 Å². The Morgan fingerprint density at radius 3 is 2.94 bits per heavy atom. The molecule has 1 aliphatic heterocycles. The molecule has 0 fully saturated rings. The highest BCUT2D eigenvalue weighted by atomic mass is 32.1. The number of aryl methyl sites for hydroxylation is 3. The van der Waals surface area contributed by atoms with Crippen molar-refractivity contribution >= 4 is 33.3 Å². The highest BCUT2D eigenvalue weighted by Gasteiger charge is 2.24. The van der Waals surface area contributed by atoms with Crippen LogP contribution in [0.25, 0.3) is 10.2 Å². The minimum atomic E-state index is -0.0808. The van der Waals surface area contributed by atoms with Crippen molar-refractivity contribution in [2.45, 2.75) is 39.3 Å². The van der Waals surface area contributed by atoms with Gasteiger partial charge in [-0.3, -0.25) is 4.79 Å². The molecule has 5 rings (SSSR count). The van der Waals surface area contributed by atoms with Gasteiger partial charge in [-0.2, -0.15) is 0 Å². The second kappa shape index (κ2) is 8.82. The van der Waals surface area contributed by atoms with Crippen LogP contribution in [0.3, 0.4) is 0 Å². The Hall–Kier alpha value is -3.46. The molecule has 1 aromatic carbocycles. The van der Waals surface area contributed by atoms with E-state index in [2.05, 4.69) is 26.5 Å². The van der Waals surface area contributed by atoms with Crippen LogP contribution in [0.2, 0.25) is 0 Å². The first-order valence-corrected chi connectivity index (χ1v) is 11.7. The van der Waals surface area contributed by atoms with Crippen LogP contribution in [0.15, 0.2) is 41.2 Å². The molecule has 33 heavy (non-hydrogen) atoms. The summed E-state index contributed by atoms with van der Waals surface area (Å²) < 4.78 is 11.4. The lowest BCUT2D eigenvalue weighted by atomic mass is 10.0. The van der Waals surface area contributed by atoms with Crippen LogP contribution in [-0.4, -0.2) is 45.6 Å². The molecule has 4 heterocycles. The molecule has 1 amide bonds. The number of hydrogen-bond donors (Lipinski definition) is 1. The average Bonchev–Trinajstić information content (AvgIpc) is 3.39. The molecule has 0 aliphatic carbocycles. The van der Waals surface area contributed by atoms with Crippen molar-refractivity contribution < 1.29 is 14.1 Å². The zero-order chi connectivity index (χ0) is 22.9. The van der Waals surface area contributed by atoms with Crippen molar-refractivity contribution in [3.8, 4) is 5.75 Å². The molecule has 1 N–H and O–H groups in total. The predicted molar refractivity (Wildman–Crippen MR) is 127 cm³/mol. The van der Waals surface area contributed by atoms with Crippen molar-refractivity contribution in [1.29, 1.82) is 0 Å². The van der Waals surface area contributed by atoms with Gasteiger partial charge in [-0.1, -0.05) is 23.4 Å². The van der Waals surface area contributed by atoms with Crippen molar-refractivity contribution in [2.75, 3.05) is 18.9 Å². The van der Waals surface area contributed by atoms with E-state index in [1.54, 1.807) is 11.9 Å². The fourth-order valence-electron chi connectivity index (χ4n) is 4.11. The quantitative estimate of drug-likeness (QED) is 0.454. The Bertz CT molecular complexity index is 1310. The average molecular weight is 464 g/mol. The number of rotatable bonds is 6. The molecule has 3 aromatic heterocycles. The zero-order valence-electron chi connectivity index (χ0n) is 18.8. The van der Waals surface area contributed by atoms with Gasteiger partial charge < -0.3 is 19.5 Å². The Morgan fingerprint density at radius 2 is 2.12 bits per heavy atom. The van der Waals surface area contributed by atoms with E-state index in [0.717, 1.165) is 45.9 Å². The first-order valence-electron chi connectivity index (χ1n) is 10.9. The van der Waals surface area contributed by atoms with E-state index in [0.29, 0.717) is 23.7 Å². The number of carbonyl (C=O) groups excluding carboxylic acids is 1. The Labute approximate surface area is 195 Å². The Kier molecular flexibility index (Phi) is 5.72. The molecular weight excluding hydrogens is 438 g/mol. The van der Waals surface area contributed by atoms with Crippen LogP contribution in [0.4, 0.5) is 5.82 Å². The summed E-state index contributed by atoms with van der Waals surface area (Å²) in [6, 6.07) is 10.0. The number of nitrogens with zero attached hydrogens (tertiary/aromatic N) is 4. The number of aromatic nitrogens is 3. The van der Waals surface area contributed by atoms with Crippen molar-refractivity contribution in [1.82, 2.24) is 20.0 Å². The van der Waals surface area contributed by atoms with Crippen LogP contribution in [0.5, 0.6) is 5.75 Å². The third-order valence-corrected chi connectivity index (χ3v) is 7.02. The molecule has 4 aromatic rings. The summed E-state index contributed by atoms with van der Waals surface area (Å²) in [6.45, 7) is 4.78. The van der Waals surface area contributed by atoms with Gasteiger partial charge in [0.2, 0.25) is 0 Å². The van der Waals surface area contributed by atoms with E-state index >= 15 is 0 Å². The number of carbonyl (C=O) groups is 1. The predicted octanol–water partition coefficient (Wildman–Crippen LogP) is 4.37. The van der Waals surface area contributed by atoms with Crippen molar-refractivity contribution in [3.63, 3.8) is 0 Å². The number of thiophene rings is 1. The molecule has 0 saturated carbocycles. The van der Waals surface area contributed by atoms with Gasteiger partial charge in [0.05, 0.1) is 29.0 Å². The van der Waals surface area contributed by atoms with Crippen LogP contribution in [-0.2, 0) is 13.0 Å². The van der Waals surface area contributed by atoms with Gasteiger partial charge in [0.1, 0.15) is 28.8 Å². The van der Waals surface area contributed by atoms with E-state index in [9.17, 15) is 4.79 Å². The van der Waals surface area contributed by atoms with E-state index in [1.807, 2.05) is 38.1 Å². The van der Waals surface area contributed by atoms with Gasteiger partial charge in [0, 0.05) is 13.1 Å². The van der Waals surface area contributed by atoms with Crippen LogP contribution < -0.4 is 10.1 Å². The zero-order valence-corrected chi connectivity index (χ0v) is 19.6. The summed E-state index contributed by atoms with van der Waals surface area (Å²) in [5, 5.41) is 8.21. The first-order chi connectivity index (χ1) is 16.0. The summed E-state index contributed by atoms with van der Waals surface area (Å²) in [5.41, 5.74) is 2.92. The van der Waals surface area contributed by atoms with Gasteiger partial charge in [0.15, 0.2) is 5.76 Å². The number of nitrogens with one attached hydrogen (secondary N) is 1. The van der Waals surface area contributed by atoms with Gasteiger partial charge in [-0.25, -0.2) is 9.97 Å². The topological polar surface area (TPSA) is 93.4 Å². The summed E-state index contributed by atoms with van der Waals surface area (Å²) >= 11 is 1.38. The smallest absolute Gasteiger partial charge is 0.264 e. The molecule has 0 unspecified atom stereocenters. The Balaban J connectivity index is 1.33. The molecule has 0 radical (unpaired) electrons. The maximum absolute atomic E-state index is 13.2. The molecular formula is C24H25N5O3S. The molecule has 0 spiro atoms. The second-order valence-corrected chi connectivity index (χ2v) is 9.32. The summed E-state index contributed by atoms with van der Waals surface area (Å²) in [4.78, 5) is 25.1. The molecule has 8 nitrogen and oxygen atoms in total. The molecule has 0 bridgehead atoms. The fraction of sp³-hybridized carbons (Fsp3) is 0.333. The number of hydrogen-bond acceptors (Lipinski definition) is 8. The van der Waals surface area contributed by atoms with E-state index in [1.165, 1.54) is 23.2 Å². The molecule has 0 saturated heterocycles. The monoisotopic (exact) mass is 463 g/mol. The van der Waals surface area contributed by atoms with Crippen molar-refractivity contribution in [3.05, 3.63) is 64.1 Å². The lowest BCUT2D eigenvalue weighted by molar-refractivity contribution is 0.0776. The standard InChI is InChI=1S/C24H25N5O3S/c1-14-10-18(32-28-14)12-29(3)24(30)21-15(2)20-22(26-13-27-23(20)33-21)25-11-17-9-8-16-6-4-5-7-19(16)31-17/h4-7,10,13,17H,8-9,11-12H2,1-3H3,(H,25,26,27)/t17-/m1/s1. The first kappa shape index (κ1) is 21.4. The molecule has 9 heteroatoms. The number of benzene rings is 1. The van der Waals surface area contributed by atoms with Gasteiger partial charge >= 0.3 is 0 Å². The largest absolute Gasteiger partial charge is 0.488 e. The van der Waals surface area contributed by atoms with E-state index in [-0.39, 0.29) is 12.0 Å².